The standard InChI is InChI=1S/C14H20ClNO/c1-3-4-8-17-9-7-16-11-13-6-5-12(2)10-14(13)15/h3,5-6,10,16H,1,4,7-9,11H2,2H3. The van der Waals surface area contributed by atoms with Gasteiger partial charge in [0.05, 0.1) is 13.2 Å². The Kier molecular flexibility index (Phi) is 6.94. The molecule has 0 saturated carbocycles. The van der Waals surface area contributed by atoms with Crippen LogP contribution in [-0.2, 0) is 11.3 Å². The van der Waals surface area contributed by atoms with Crippen LogP contribution in [0, 0.1) is 6.92 Å². The Balaban J connectivity index is 2.15. The zero-order valence-electron chi connectivity index (χ0n) is 10.3. The molecule has 0 fully saturated rings. The van der Waals surface area contributed by atoms with Gasteiger partial charge in [0.1, 0.15) is 0 Å². The molecule has 0 atom stereocenters. The first kappa shape index (κ1) is 14.2. The van der Waals surface area contributed by atoms with Gasteiger partial charge in [0, 0.05) is 18.1 Å². The lowest BCUT2D eigenvalue weighted by Crippen LogP contribution is -2.19. The third-order valence-corrected chi connectivity index (χ3v) is 2.77. The Morgan fingerprint density at radius 1 is 1.41 bits per heavy atom. The number of benzene rings is 1. The second-order valence-corrected chi connectivity index (χ2v) is 4.37. The van der Waals surface area contributed by atoms with Crippen molar-refractivity contribution in [3.63, 3.8) is 0 Å². The minimum Gasteiger partial charge on any atom is -0.380 e. The molecule has 0 unspecified atom stereocenters. The van der Waals surface area contributed by atoms with Crippen molar-refractivity contribution < 1.29 is 4.74 Å². The number of nitrogens with one attached hydrogen (secondary N) is 1. The highest BCUT2D eigenvalue weighted by Gasteiger charge is 1.99. The molecule has 17 heavy (non-hydrogen) atoms. The molecule has 0 aliphatic carbocycles. The highest BCUT2D eigenvalue weighted by atomic mass is 35.5. The number of ether oxygens (including phenoxy) is 1. The number of hydrogen-bond acceptors (Lipinski definition) is 2. The molecule has 0 saturated heterocycles. The topological polar surface area (TPSA) is 21.3 Å². The molecule has 1 rings (SSSR count). The van der Waals surface area contributed by atoms with Gasteiger partial charge in [-0.3, -0.25) is 0 Å². The monoisotopic (exact) mass is 253 g/mol. The van der Waals surface area contributed by atoms with Gasteiger partial charge in [-0.2, -0.15) is 0 Å². The lowest BCUT2D eigenvalue weighted by Gasteiger charge is -2.07. The van der Waals surface area contributed by atoms with Gasteiger partial charge in [0.25, 0.3) is 0 Å². The van der Waals surface area contributed by atoms with Crippen molar-refractivity contribution in [2.24, 2.45) is 0 Å². The third kappa shape index (κ3) is 5.87. The van der Waals surface area contributed by atoms with Gasteiger partial charge in [0.15, 0.2) is 0 Å². The lowest BCUT2D eigenvalue weighted by atomic mass is 10.1. The Morgan fingerprint density at radius 3 is 2.94 bits per heavy atom. The van der Waals surface area contributed by atoms with Crippen molar-refractivity contribution in [1.29, 1.82) is 0 Å². The summed E-state index contributed by atoms with van der Waals surface area (Å²) in [7, 11) is 0. The van der Waals surface area contributed by atoms with E-state index in [4.69, 9.17) is 16.3 Å². The zero-order valence-corrected chi connectivity index (χ0v) is 11.1. The molecule has 0 bridgehead atoms. The van der Waals surface area contributed by atoms with E-state index >= 15 is 0 Å². The van der Waals surface area contributed by atoms with Gasteiger partial charge in [-0.25, -0.2) is 0 Å². The van der Waals surface area contributed by atoms with Crippen molar-refractivity contribution >= 4 is 11.6 Å². The van der Waals surface area contributed by atoms with E-state index in [-0.39, 0.29) is 0 Å². The van der Waals surface area contributed by atoms with Crippen LogP contribution < -0.4 is 5.32 Å². The number of halogens is 1. The largest absolute Gasteiger partial charge is 0.380 e. The first-order chi connectivity index (χ1) is 8.24. The summed E-state index contributed by atoms with van der Waals surface area (Å²) >= 11 is 6.13. The minimum absolute atomic E-state index is 0.720. The van der Waals surface area contributed by atoms with E-state index in [2.05, 4.69) is 24.0 Å². The van der Waals surface area contributed by atoms with Crippen molar-refractivity contribution in [3.8, 4) is 0 Å². The second-order valence-electron chi connectivity index (χ2n) is 3.96. The molecule has 94 valence electrons. The van der Waals surface area contributed by atoms with Crippen LogP contribution >= 0.6 is 11.6 Å². The summed E-state index contributed by atoms with van der Waals surface area (Å²) in [4.78, 5) is 0. The summed E-state index contributed by atoms with van der Waals surface area (Å²) in [6, 6.07) is 6.12. The predicted molar refractivity (Wildman–Crippen MR) is 73.5 cm³/mol. The second kappa shape index (κ2) is 8.29. The Hall–Kier alpha value is -0.830. The van der Waals surface area contributed by atoms with Crippen LogP contribution in [0.15, 0.2) is 30.9 Å². The fraction of sp³-hybridized carbons (Fsp3) is 0.429. The first-order valence-corrected chi connectivity index (χ1v) is 6.26. The maximum Gasteiger partial charge on any atom is 0.0591 e. The molecular weight excluding hydrogens is 234 g/mol. The van der Waals surface area contributed by atoms with E-state index in [1.165, 1.54) is 5.56 Å². The van der Waals surface area contributed by atoms with Gasteiger partial charge < -0.3 is 10.1 Å². The molecule has 0 aliphatic rings. The molecule has 0 radical (unpaired) electrons. The molecule has 0 heterocycles. The van der Waals surface area contributed by atoms with Crippen molar-refractivity contribution in [2.45, 2.75) is 19.9 Å². The quantitative estimate of drug-likeness (QED) is 0.567. The van der Waals surface area contributed by atoms with Gasteiger partial charge in [-0.1, -0.05) is 29.8 Å². The zero-order chi connectivity index (χ0) is 12.5. The van der Waals surface area contributed by atoms with E-state index in [0.29, 0.717) is 0 Å². The maximum atomic E-state index is 6.13. The van der Waals surface area contributed by atoms with E-state index < -0.39 is 0 Å². The van der Waals surface area contributed by atoms with Crippen LogP contribution in [0.25, 0.3) is 0 Å². The summed E-state index contributed by atoms with van der Waals surface area (Å²) in [5, 5.41) is 4.13. The van der Waals surface area contributed by atoms with Crippen LogP contribution in [0.3, 0.4) is 0 Å². The average Bonchev–Trinajstić information content (AvgIpc) is 2.30. The van der Waals surface area contributed by atoms with Crippen LogP contribution in [0.2, 0.25) is 5.02 Å². The Labute approximate surface area is 109 Å². The number of aryl methyl sites for hydroxylation is 1. The van der Waals surface area contributed by atoms with Gasteiger partial charge in [0.2, 0.25) is 0 Å². The van der Waals surface area contributed by atoms with Gasteiger partial charge in [-0.05, 0) is 30.5 Å². The molecule has 1 aromatic rings. The number of rotatable bonds is 8. The van der Waals surface area contributed by atoms with Crippen LogP contribution in [0.1, 0.15) is 17.5 Å². The SMILES string of the molecule is C=CCCOCCNCc1ccc(C)cc1Cl. The fourth-order valence-corrected chi connectivity index (χ4v) is 1.73. The lowest BCUT2D eigenvalue weighted by molar-refractivity contribution is 0.140. The molecule has 3 heteroatoms. The van der Waals surface area contributed by atoms with Gasteiger partial charge in [-0.15, -0.1) is 6.58 Å². The highest BCUT2D eigenvalue weighted by molar-refractivity contribution is 6.31. The molecule has 0 aromatic heterocycles. The van der Waals surface area contributed by atoms with E-state index in [1.54, 1.807) is 0 Å². The number of hydrogen-bond donors (Lipinski definition) is 1. The smallest absolute Gasteiger partial charge is 0.0591 e. The molecule has 0 aliphatic heterocycles. The summed E-state index contributed by atoms with van der Waals surface area (Å²) in [5.41, 5.74) is 2.31. The Morgan fingerprint density at radius 2 is 2.24 bits per heavy atom. The van der Waals surface area contributed by atoms with E-state index in [9.17, 15) is 0 Å². The van der Waals surface area contributed by atoms with Crippen LogP contribution in [0.5, 0.6) is 0 Å². The van der Waals surface area contributed by atoms with E-state index in [1.807, 2.05) is 19.1 Å². The summed E-state index contributed by atoms with van der Waals surface area (Å²) in [5.74, 6) is 0. The maximum absolute atomic E-state index is 6.13. The molecule has 1 aromatic carbocycles. The van der Waals surface area contributed by atoms with E-state index in [0.717, 1.165) is 43.3 Å². The molecule has 0 spiro atoms. The van der Waals surface area contributed by atoms with Crippen molar-refractivity contribution in [1.82, 2.24) is 5.32 Å². The summed E-state index contributed by atoms with van der Waals surface area (Å²) in [6.07, 6.45) is 2.77. The summed E-state index contributed by atoms with van der Waals surface area (Å²) in [6.45, 7) is 8.76. The van der Waals surface area contributed by atoms with Crippen molar-refractivity contribution in [2.75, 3.05) is 19.8 Å². The molecule has 1 N–H and O–H groups in total. The predicted octanol–water partition coefficient (Wildman–Crippen LogP) is 3.33. The fourth-order valence-electron chi connectivity index (χ4n) is 1.43. The molecule has 2 nitrogen and oxygen atoms in total. The first-order valence-electron chi connectivity index (χ1n) is 5.88. The minimum atomic E-state index is 0.720. The summed E-state index contributed by atoms with van der Waals surface area (Å²) < 4.78 is 5.39. The Bertz CT molecular complexity index is 352. The molecular formula is C14H20ClNO. The van der Waals surface area contributed by atoms with Gasteiger partial charge >= 0.3 is 0 Å². The normalized spacial score (nSPS) is 10.5. The molecule has 0 amide bonds. The van der Waals surface area contributed by atoms with Crippen molar-refractivity contribution in [3.05, 3.63) is 47.0 Å². The van der Waals surface area contributed by atoms with Crippen LogP contribution in [-0.4, -0.2) is 19.8 Å². The van der Waals surface area contributed by atoms with Crippen LogP contribution in [0.4, 0.5) is 0 Å². The third-order valence-electron chi connectivity index (χ3n) is 2.41. The highest BCUT2D eigenvalue weighted by Crippen LogP contribution is 2.16. The average molecular weight is 254 g/mol.